The lowest BCUT2D eigenvalue weighted by Crippen LogP contribution is -2.28. The Kier molecular flexibility index (Phi) is 3.28. The average Bonchev–Trinajstić information content (AvgIpc) is 2.40. The van der Waals surface area contributed by atoms with Crippen molar-refractivity contribution < 1.29 is 0 Å². The molecule has 0 spiro atoms. The van der Waals surface area contributed by atoms with Crippen LogP contribution >= 0.6 is 0 Å². The van der Waals surface area contributed by atoms with Crippen LogP contribution in [0.25, 0.3) is 10.9 Å². The quantitative estimate of drug-likeness (QED) is 0.872. The molecule has 1 aliphatic heterocycles. The number of aromatic nitrogens is 1. The van der Waals surface area contributed by atoms with Gasteiger partial charge in [-0.2, -0.15) is 0 Å². The number of piperidine rings is 1. The minimum Gasteiger partial charge on any atom is -0.317 e. The standard InChI is InChI=1S/C16H20N2/c1-12-3-2-4-15-10-14(11-18-16(12)15)9-13-5-7-17-8-6-13/h2-4,10-11,13,17H,5-9H2,1H3. The number of pyridine rings is 1. The SMILES string of the molecule is Cc1cccc2cc(CC3CCNCC3)cnc12. The number of rotatable bonds is 2. The molecule has 0 bridgehead atoms. The maximum absolute atomic E-state index is 4.63. The van der Waals surface area contributed by atoms with Crippen LogP contribution < -0.4 is 5.32 Å². The highest BCUT2D eigenvalue weighted by molar-refractivity contribution is 5.81. The molecule has 3 rings (SSSR count). The first-order valence-electron chi connectivity index (χ1n) is 6.88. The zero-order chi connectivity index (χ0) is 12.4. The summed E-state index contributed by atoms with van der Waals surface area (Å²) in [6, 6.07) is 8.73. The molecule has 1 aromatic carbocycles. The third-order valence-electron chi connectivity index (χ3n) is 3.95. The Hall–Kier alpha value is -1.41. The van der Waals surface area contributed by atoms with Crippen molar-refractivity contribution in [3.8, 4) is 0 Å². The number of benzene rings is 1. The predicted octanol–water partition coefficient (Wildman–Crippen LogP) is 3.09. The molecular formula is C16H20N2. The van der Waals surface area contributed by atoms with Gasteiger partial charge in [-0.3, -0.25) is 4.98 Å². The van der Waals surface area contributed by atoms with E-state index in [-0.39, 0.29) is 0 Å². The lowest BCUT2D eigenvalue weighted by atomic mass is 9.91. The Balaban J connectivity index is 1.84. The van der Waals surface area contributed by atoms with Crippen molar-refractivity contribution in [1.29, 1.82) is 0 Å². The van der Waals surface area contributed by atoms with Crippen molar-refractivity contribution in [2.24, 2.45) is 5.92 Å². The van der Waals surface area contributed by atoms with Gasteiger partial charge in [-0.05, 0) is 62.4 Å². The topological polar surface area (TPSA) is 24.9 Å². The molecule has 94 valence electrons. The molecule has 18 heavy (non-hydrogen) atoms. The van der Waals surface area contributed by atoms with Gasteiger partial charge in [0, 0.05) is 11.6 Å². The van der Waals surface area contributed by atoms with Gasteiger partial charge in [0.15, 0.2) is 0 Å². The second kappa shape index (κ2) is 5.07. The van der Waals surface area contributed by atoms with Crippen LogP contribution in [-0.4, -0.2) is 18.1 Å². The van der Waals surface area contributed by atoms with Crippen molar-refractivity contribution in [2.75, 3.05) is 13.1 Å². The van der Waals surface area contributed by atoms with Crippen molar-refractivity contribution in [2.45, 2.75) is 26.2 Å². The number of aryl methyl sites for hydroxylation is 1. The summed E-state index contributed by atoms with van der Waals surface area (Å²) < 4.78 is 0. The third kappa shape index (κ3) is 2.39. The van der Waals surface area contributed by atoms with E-state index in [1.165, 1.54) is 48.9 Å². The van der Waals surface area contributed by atoms with E-state index in [2.05, 4.69) is 47.7 Å². The molecule has 1 N–H and O–H groups in total. The number of nitrogens with zero attached hydrogens (tertiary/aromatic N) is 1. The zero-order valence-electron chi connectivity index (χ0n) is 10.9. The van der Waals surface area contributed by atoms with Crippen LogP contribution in [0.2, 0.25) is 0 Å². The van der Waals surface area contributed by atoms with Gasteiger partial charge in [0.2, 0.25) is 0 Å². The van der Waals surface area contributed by atoms with Crippen molar-refractivity contribution in [1.82, 2.24) is 10.3 Å². The molecule has 0 aliphatic carbocycles. The fourth-order valence-corrected chi connectivity index (χ4v) is 2.89. The molecule has 0 radical (unpaired) electrons. The van der Waals surface area contributed by atoms with E-state index in [1.807, 2.05) is 0 Å². The van der Waals surface area contributed by atoms with Gasteiger partial charge < -0.3 is 5.32 Å². The van der Waals surface area contributed by atoms with Crippen molar-refractivity contribution >= 4 is 10.9 Å². The summed E-state index contributed by atoms with van der Waals surface area (Å²) in [6.45, 7) is 4.47. The molecule has 0 atom stereocenters. The smallest absolute Gasteiger partial charge is 0.0731 e. The normalized spacial score (nSPS) is 17.2. The highest BCUT2D eigenvalue weighted by atomic mass is 14.9. The number of nitrogens with one attached hydrogen (secondary N) is 1. The highest BCUT2D eigenvalue weighted by Gasteiger charge is 2.13. The molecule has 1 aliphatic rings. The van der Waals surface area contributed by atoms with E-state index in [0.29, 0.717) is 0 Å². The van der Waals surface area contributed by atoms with Crippen LogP contribution in [0.5, 0.6) is 0 Å². The lowest BCUT2D eigenvalue weighted by molar-refractivity contribution is 0.372. The monoisotopic (exact) mass is 240 g/mol. The summed E-state index contributed by atoms with van der Waals surface area (Å²) in [7, 11) is 0. The fourth-order valence-electron chi connectivity index (χ4n) is 2.89. The van der Waals surface area contributed by atoms with E-state index in [9.17, 15) is 0 Å². The average molecular weight is 240 g/mol. The summed E-state index contributed by atoms with van der Waals surface area (Å²) in [4.78, 5) is 4.63. The molecule has 2 heteroatoms. The summed E-state index contributed by atoms with van der Waals surface area (Å²) in [5.41, 5.74) is 3.80. The molecule has 1 fully saturated rings. The highest BCUT2D eigenvalue weighted by Crippen LogP contribution is 2.21. The third-order valence-corrected chi connectivity index (χ3v) is 3.95. The van der Waals surface area contributed by atoms with Gasteiger partial charge in [-0.25, -0.2) is 0 Å². The molecule has 1 aromatic heterocycles. The van der Waals surface area contributed by atoms with Crippen LogP contribution in [0.4, 0.5) is 0 Å². The second-order valence-corrected chi connectivity index (χ2v) is 5.39. The minimum absolute atomic E-state index is 0.829. The Morgan fingerprint density at radius 2 is 2.11 bits per heavy atom. The van der Waals surface area contributed by atoms with E-state index >= 15 is 0 Å². The maximum Gasteiger partial charge on any atom is 0.0731 e. The number of para-hydroxylation sites is 1. The molecular weight excluding hydrogens is 220 g/mol. The Bertz CT molecular complexity index is 542. The summed E-state index contributed by atoms with van der Waals surface area (Å²) in [5.74, 6) is 0.829. The summed E-state index contributed by atoms with van der Waals surface area (Å²) in [5, 5.41) is 4.70. The summed E-state index contributed by atoms with van der Waals surface area (Å²) >= 11 is 0. The van der Waals surface area contributed by atoms with E-state index < -0.39 is 0 Å². The lowest BCUT2D eigenvalue weighted by Gasteiger charge is -2.22. The predicted molar refractivity (Wildman–Crippen MR) is 75.8 cm³/mol. The molecule has 0 saturated carbocycles. The Morgan fingerprint density at radius 3 is 2.94 bits per heavy atom. The van der Waals surface area contributed by atoms with Crippen molar-refractivity contribution in [3.63, 3.8) is 0 Å². The summed E-state index contributed by atoms with van der Waals surface area (Å²) in [6.07, 6.45) is 5.84. The Labute approximate surface area is 108 Å². The van der Waals surface area contributed by atoms with E-state index in [1.54, 1.807) is 0 Å². The van der Waals surface area contributed by atoms with Gasteiger partial charge in [0.25, 0.3) is 0 Å². The molecule has 2 nitrogen and oxygen atoms in total. The first-order chi connectivity index (χ1) is 8.83. The molecule has 1 saturated heterocycles. The van der Waals surface area contributed by atoms with Crippen molar-refractivity contribution in [3.05, 3.63) is 41.6 Å². The van der Waals surface area contributed by atoms with Crippen LogP contribution in [0, 0.1) is 12.8 Å². The van der Waals surface area contributed by atoms with E-state index in [4.69, 9.17) is 0 Å². The number of hydrogen-bond donors (Lipinski definition) is 1. The maximum atomic E-state index is 4.63. The van der Waals surface area contributed by atoms with Gasteiger partial charge >= 0.3 is 0 Å². The van der Waals surface area contributed by atoms with Gasteiger partial charge in [-0.1, -0.05) is 18.2 Å². The molecule has 2 heterocycles. The first-order valence-corrected chi connectivity index (χ1v) is 6.88. The zero-order valence-corrected chi connectivity index (χ0v) is 10.9. The number of fused-ring (bicyclic) bond motifs is 1. The van der Waals surface area contributed by atoms with Crippen LogP contribution in [0.3, 0.4) is 0 Å². The van der Waals surface area contributed by atoms with Gasteiger partial charge in [0.05, 0.1) is 5.52 Å². The van der Waals surface area contributed by atoms with Crippen LogP contribution in [-0.2, 0) is 6.42 Å². The second-order valence-electron chi connectivity index (χ2n) is 5.39. The van der Waals surface area contributed by atoms with Gasteiger partial charge in [0.1, 0.15) is 0 Å². The van der Waals surface area contributed by atoms with E-state index in [0.717, 1.165) is 11.4 Å². The molecule has 0 unspecified atom stereocenters. The minimum atomic E-state index is 0.829. The van der Waals surface area contributed by atoms with Crippen LogP contribution in [0.1, 0.15) is 24.0 Å². The van der Waals surface area contributed by atoms with Gasteiger partial charge in [-0.15, -0.1) is 0 Å². The molecule has 2 aromatic rings. The number of hydrogen-bond acceptors (Lipinski definition) is 2. The first kappa shape index (κ1) is 11.7. The largest absolute Gasteiger partial charge is 0.317 e. The fraction of sp³-hybridized carbons (Fsp3) is 0.438. The Morgan fingerprint density at radius 1 is 1.28 bits per heavy atom. The molecule has 0 amide bonds. The van der Waals surface area contributed by atoms with Crippen LogP contribution in [0.15, 0.2) is 30.5 Å².